The summed E-state index contributed by atoms with van der Waals surface area (Å²) >= 11 is 0. The predicted molar refractivity (Wildman–Crippen MR) is 144 cm³/mol. The monoisotopic (exact) mass is 528 g/mol. The van der Waals surface area contributed by atoms with Gasteiger partial charge in [0.25, 0.3) is 0 Å². The molecular weight excluding hydrogens is 485 g/mol. The molecule has 1 aromatic rings. The summed E-state index contributed by atoms with van der Waals surface area (Å²) in [5.74, 6) is -0.271. The van der Waals surface area contributed by atoms with Crippen LogP contribution >= 0.6 is 10.3 Å². The first-order valence-corrected chi connectivity index (χ1v) is 15.1. The number of anilines is 1. The van der Waals surface area contributed by atoms with Gasteiger partial charge in [-0.05, 0) is 45.8 Å². The van der Waals surface area contributed by atoms with Crippen molar-refractivity contribution in [2.45, 2.75) is 90.1 Å². The smallest absolute Gasteiger partial charge is 0.487 e. The van der Waals surface area contributed by atoms with Crippen molar-refractivity contribution in [3.63, 3.8) is 0 Å². The minimum absolute atomic E-state index is 0.0439. The molecule has 4 rings (SSSR count). The molecular formula is C26H43BF2N2O4S. The van der Waals surface area contributed by atoms with Crippen LogP contribution in [0.2, 0.25) is 0 Å². The van der Waals surface area contributed by atoms with Gasteiger partial charge in [0.15, 0.2) is 11.6 Å². The van der Waals surface area contributed by atoms with Gasteiger partial charge in [-0.3, -0.25) is 0 Å². The van der Waals surface area contributed by atoms with Gasteiger partial charge < -0.3 is 23.1 Å². The first-order valence-electron chi connectivity index (χ1n) is 12.9. The van der Waals surface area contributed by atoms with E-state index in [1.165, 1.54) is 0 Å². The Labute approximate surface area is 217 Å². The molecule has 0 N–H and O–H groups in total. The summed E-state index contributed by atoms with van der Waals surface area (Å²) in [6, 6.07) is 1.92. The van der Waals surface area contributed by atoms with Gasteiger partial charge in [0, 0.05) is 47.8 Å². The number of hydrogen-bond acceptors (Lipinski definition) is 6. The number of hydrogen-bond donors (Lipinski definition) is 0. The number of alkyl halides is 2. The van der Waals surface area contributed by atoms with Crippen LogP contribution in [-0.2, 0) is 13.5 Å². The zero-order valence-corrected chi connectivity index (χ0v) is 24.2. The third-order valence-electron chi connectivity index (χ3n) is 8.53. The van der Waals surface area contributed by atoms with Crippen molar-refractivity contribution < 1.29 is 27.0 Å². The standard InChI is InChI=1S/C26H43BF2N2O4S/c1-10-36(9,22(2,3)4)33-12-11-32-20-13-19(27-34-23(5,6)24(7,8)35-27)14-30-21(20)31-17-25(18-31)15-26(28,29)16-25/h13-14H,10-12,15-18H2,1-9H3. The largest absolute Gasteiger partial charge is 0.496 e. The molecule has 1 aliphatic carbocycles. The molecule has 1 unspecified atom stereocenters. The molecule has 36 heavy (non-hydrogen) atoms. The summed E-state index contributed by atoms with van der Waals surface area (Å²) in [4.78, 5) is 6.74. The third-order valence-corrected chi connectivity index (χ3v) is 12.9. The number of ether oxygens (including phenoxy) is 1. The summed E-state index contributed by atoms with van der Waals surface area (Å²) in [6.07, 6.45) is 3.88. The van der Waals surface area contributed by atoms with Gasteiger partial charge in [-0.1, -0.05) is 27.7 Å². The molecule has 2 aliphatic heterocycles. The maximum Gasteiger partial charge on any atom is 0.496 e. The zero-order chi connectivity index (χ0) is 26.8. The van der Waals surface area contributed by atoms with Crippen LogP contribution in [0.1, 0.15) is 68.2 Å². The van der Waals surface area contributed by atoms with Gasteiger partial charge in [0.1, 0.15) is 6.61 Å². The Morgan fingerprint density at radius 2 is 1.67 bits per heavy atom. The van der Waals surface area contributed by atoms with E-state index < -0.39 is 34.6 Å². The quantitative estimate of drug-likeness (QED) is 0.343. The van der Waals surface area contributed by atoms with Gasteiger partial charge in [-0.15, -0.1) is 10.3 Å². The lowest BCUT2D eigenvalue weighted by molar-refractivity contribution is -0.170. The number of nitrogens with zero attached hydrogens (tertiary/aromatic N) is 2. The van der Waals surface area contributed by atoms with E-state index in [0.29, 0.717) is 37.9 Å². The van der Waals surface area contributed by atoms with Gasteiger partial charge >= 0.3 is 7.12 Å². The van der Waals surface area contributed by atoms with Crippen LogP contribution in [-0.4, -0.2) is 72.3 Å². The highest BCUT2D eigenvalue weighted by Gasteiger charge is 2.62. The Kier molecular flexibility index (Phi) is 6.97. The van der Waals surface area contributed by atoms with Crippen LogP contribution in [0.25, 0.3) is 0 Å². The molecule has 10 heteroatoms. The lowest BCUT2D eigenvalue weighted by atomic mass is 9.61. The van der Waals surface area contributed by atoms with Crippen LogP contribution in [0, 0.1) is 5.41 Å². The average molecular weight is 529 g/mol. The summed E-state index contributed by atoms with van der Waals surface area (Å²) in [5.41, 5.74) is -0.456. The van der Waals surface area contributed by atoms with Gasteiger partial charge in [-0.2, -0.15) is 0 Å². The van der Waals surface area contributed by atoms with E-state index in [2.05, 4.69) is 34.0 Å². The van der Waals surface area contributed by atoms with E-state index in [4.69, 9.17) is 23.2 Å². The Balaban J connectivity index is 1.49. The molecule has 3 aliphatic rings. The highest BCUT2D eigenvalue weighted by Crippen LogP contribution is 2.58. The molecule has 0 bridgehead atoms. The summed E-state index contributed by atoms with van der Waals surface area (Å²) < 4.78 is 52.2. The average Bonchev–Trinajstić information content (AvgIpc) is 2.93. The highest BCUT2D eigenvalue weighted by atomic mass is 32.3. The number of aromatic nitrogens is 1. The molecule has 1 spiro atoms. The van der Waals surface area contributed by atoms with Crippen LogP contribution in [0.5, 0.6) is 5.75 Å². The van der Waals surface area contributed by atoms with Crippen molar-refractivity contribution in [1.29, 1.82) is 0 Å². The predicted octanol–water partition coefficient (Wildman–Crippen LogP) is 5.18. The SMILES string of the molecule is CCS(C)(OCCOc1cc(B2OC(C)(C)C(C)(C)O2)cnc1N1CC2(C1)CC(F)(F)C2)C(C)(C)C. The van der Waals surface area contributed by atoms with E-state index in [9.17, 15) is 8.78 Å². The highest BCUT2D eigenvalue weighted by molar-refractivity contribution is 8.30. The molecule has 1 saturated carbocycles. The number of pyridine rings is 1. The summed E-state index contributed by atoms with van der Waals surface area (Å²) in [6.45, 7) is 18.8. The van der Waals surface area contributed by atoms with Crippen LogP contribution < -0.4 is 15.1 Å². The first kappa shape index (κ1) is 27.9. The van der Waals surface area contributed by atoms with Crippen molar-refractivity contribution in [2.75, 3.05) is 43.2 Å². The molecule has 6 nitrogen and oxygen atoms in total. The Morgan fingerprint density at radius 3 is 2.17 bits per heavy atom. The molecule has 0 aromatic carbocycles. The van der Waals surface area contributed by atoms with Crippen molar-refractivity contribution in [2.24, 2.45) is 5.41 Å². The molecule has 2 saturated heterocycles. The molecule has 0 amide bonds. The second kappa shape index (κ2) is 8.99. The maximum absolute atomic E-state index is 13.5. The second-order valence-corrected chi connectivity index (χ2v) is 16.9. The lowest BCUT2D eigenvalue weighted by Crippen LogP contribution is -2.66. The topological polar surface area (TPSA) is 53.1 Å². The molecule has 3 fully saturated rings. The lowest BCUT2D eigenvalue weighted by Gasteiger charge is -2.59. The molecule has 3 heterocycles. The number of halogens is 2. The van der Waals surface area contributed by atoms with Crippen molar-refractivity contribution in [3.8, 4) is 5.75 Å². The maximum atomic E-state index is 13.5. The van der Waals surface area contributed by atoms with Crippen LogP contribution in [0.15, 0.2) is 12.3 Å². The minimum Gasteiger partial charge on any atom is -0.487 e. The number of rotatable bonds is 8. The van der Waals surface area contributed by atoms with Crippen molar-refractivity contribution >= 4 is 28.7 Å². The van der Waals surface area contributed by atoms with E-state index in [0.717, 1.165) is 11.2 Å². The van der Waals surface area contributed by atoms with Crippen LogP contribution in [0.4, 0.5) is 14.6 Å². The Hall–Kier alpha value is -1.10. The Bertz CT molecular complexity index is 955. The summed E-state index contributed by atoms with van der Waals surface area (Å²) in [5, 5.41) is 0. The first-order chi connectivity index (χ1) is 16.4. The normalized spacial score (nSPS) is 26.2. The molecule has 0 radical (unpaired) electrons. The molecule has 1 aromatic heterocycles. The fraction of sp³-hybridized carbons (Fsp3) is 0.808. The van der Waals surface area contributed by atoms with Gasteiger partial charge in [-0.25, -0.2) is 13.8 Å². The fourth-order valence-electron chi connectivity index (χ4n) is 5.15. The third kappa shape index (κ3) is 5.12. The van der Waals surface area contributed by atoms with E-state index >= 15 is 0 Å². The van der Waals surface area contributed by atoms with Crippen molar-refractivity contribution in [1.82, 2.24) is 4.98 Å². The second-order valence-electron chi connectivity index (χ2n) is 12.8. The van der Waals surface area contributed by atoms with Crippen molar-refractivity contribution in [3.05, 3.63) is 12.3 Å². The minimum atomic E-state index is -2.53. The van der Waals surface area contributed by atoms with Gasteiger partial charge in [0.2, 0.25) is 5.92 Å². The van der Waals surface area contributed by atoms with E-state index in [-0.39, 0.29) is 23.0 Å². The van der Waals surface area contributed by atoms with Gasteiger partial charge in [0.05, 0.1) is 17.8 Å². The van der Waals surface area contributed by atoms with E-state index in [1.807, 2.05) is 38.7 Å². The zero-order valence-electron chi connectivity index (χ0n) is 23.4. The van der Waals surface area contributed by atoms with E-state index in [1.54, 1.807) is 6.20 Å². The summed E-state index contributed by atoms with van der Waals surface area (Å²) in [7, 11) is -1.81. The fourth-order valence-corrected chi connectivity index (χ4v) is 6.97. The molecule has 204 valence electrons. The van der Waals surface area contributed by atoms with Crippen LogP contribution in [0.3, 0.4) is 0 Å². The molecule has 1 atom stereocenters. The Morgan fingerprint density at radius 1 is 1.08 bits per heavy atom.